The molecule has 1 aromatic heterocycles. The van der Waals surface area contributed by atoms with E-state index in [1.54, 1.807) is 24.2 Å². The first kappa shape index (κ1) is 14.8. The van der Waals surface area contributed by atoms with Crippen LogP contribution in [-0.2, 0) is 11.3 Å². The predicted molar refractivity (Wildman–Crippen MR) is 88.5 cm³/mol. The predicted octanol–water partition coefficient (Wildman–Crippen LogP) is 2.20. The molecule has 1 heterocycles. The van der Waals surface area contributed by atoms with Gasteiger partial charge >= 0.3 is 0 Å². The van der Waals surface area contributed by atoms with Crippen LogP contribution in [0, 0.1) is 0 Å². The molecule has 3 aromatic rings. The molecule has 0 spiro atoms. The molecule has 1 amide bonds. The molecule has 23 heavy (non-hydrogen) atoms. The molecule has 3 rings (SSSR count). The average molecular weight is 308 g/mol. The molecule has 0 aliphatic heterocycles. The van der Waals surface area contributed by atoms with Gasteiger partial charge in [0, 0.05) is 0 Å². The number of imidazole rings is 1. The summed E-state index contributed by atoms with van der Waals surface area (Å²) in [6.45, 7) is 0.163. The number of para-hydroxylation sites is 2. The first-order chi connectivity index (χ1) is 11.3. The van der Waals surface area contributed by atoms with Gasteiger partial charge in [0.05, 0.1) is 30.7 Å². The van der Waals surface area contributed by atoms with Crippen molar-refractivity contribution in [3.63, 3.8) is 0 Å². The van der Waals surface area contributed by atoms with E-state index in [2.05, 4.69) is 15.5 Å². The second-order valence-electron chi connectivity index (χ2n) is 4.93. The molecule has 6 heteroatoms. The van der Waals surface area contributed by atoms with Crippen LogP contribution in [0.1, 0.15) is 5.56 Å². The average Bonchev–Trinajstić information content (AvgIpc) is 2.98. The number of methoxy groups -OCH3 is 1. The summed E-state index contributed by atoms with van der Waals surface area (Å²) in [4.78, 5) is 16.2. The molecule has 0 saturated heterocycles. The Morgan fingerprint density at radius 3 is 3.04 bits per heavy atom. The summed E-state index contributed by atoms with van der Waals surface area (Å²) in [5.41, 5.74) is 5.14. The summed E-state index contributed by atoms with van der Waals surface area (Å²) in [6, 6.07) is 15.1. The number of carbonyl (C=O) groups is 1. The molecule has 0 aliphatic rings. The van der Waals surface area contributed by atoms with Crippen molar-refractivity contribution in [1.82, 2.24) is 15.0 Å². The van der Waals surface area contributed by atoms with Crippen LogP contribution in [0.3, 0.4) is 0 Å². The van der Waals surface area contributed by atoms with Gasteiger partial charge in [0.2, 0.25) is 0 Å². The monoisotopic (exact) mass is 308 g/mol. The summed E-state index contributed by atoms with van der Waals surface area (Å²) in [5, 5.41) is 3.96. The van der Waals surface area contributed by atoms with Crippen molar-refractivity contribution in [3.05, 3.63) is 60.4 Å². The molecule has 0 atom stereocenters. The number of benzene rings is 2. The largest absolute Gasteiger partial charge is 0.497 e. The molecule has 116 valence electrons. The fourth-order valence-corrected chi connectivity index (χ4v) is 2.23. The van der Waals surface area contributed by atoms with Crippen LogP contribution in [0.15, 0.2) is 60.0 Å². The Hall–Kier alpha value is -3.15. The molecule has 1 N–H and O–H groups in total. The molecule has 0 radical (unpaired) electrons. The zero-order valence-electron chi connectivity index (χ0n) is 12.6. The van der Waals surface area contributed by atoms with Crippen LogP contribution in [0.5, 0.6) is 5.75 Å². The fourth-order valence-electron chi connectivity index (χ4n) is 2.23. The molecular formula is C17H16N4O2. The number of rotatable bonds is 5. The number of hydrazone groups is 1. The van der Waals surface area contributed by atoms with Gasteiger partial charge in [-0.2, -0.15) is 5.10 Å². The van der Waals surface area contributed by atoms with E-state index in [1.807, 2.05) is 48.5 Å². The number of fused-ring (bicyclic) bond motifs is 1. The Bertz CT molecular complexity index is 854. The van der Waals surface area contributed by atoms with Gasteiger partial charge in [-0.05, 0) is 29.8 Å². The van der Waals surface area contributed by atoms with Crippen molar-refractivity contribution < 1.29 is 9.53 Å². The molecule has 0 saturated carbocycles. The van der Waals surface area contributed by atoms with Crippen LogP contribution >= 0.6 is 0 Å². The third-order valence-corrected chi connectivity index (χ3v) is 3.34. The van der Waals surface area contributed by atoms with Gasteiger partial charge in [-0.3, -0.25) is 4.79 Å². The second kappa shape index (κ2) is 6.74. The van der Waals surface area contributed by atoms with Crippen LogP contribution in [0.4, 0.5) is 0 Å². The van der Waals surface area contributed by atoms with E-state index in [0.717, 1.165) is 22.3 Å². The van der Waals surface area contributed by atoms with E-state index in [-0.39, 0.29) is 12.5 Å². The van der Waals surface area contributed by atoms with E-state index < -0.39 is 0 Å². The van der Waals surface area contributed by atoms with Gasteiger partial charge in [0.25, 0.3) is 5.91 Å². The van der Waals surface area contributed by atoms with Crippen molar-refractivity contribution >= 4 is 23.2 Å². The van der Waals surface area contributed by atoms with Crippen LogP contribution in [0.2, 0.25) is 0 Å². The van der Waals surface area contributed by atoms with Crippen molar-refractivity contribution in [2.75, 3.05) is 7.11 Å². The first-order valence-corrected chi connectivity index (χ1v) is 7.12. The topological polar surface area (TPSA) is 68.5 Å². The SMILES string of the molecule is COc1cccc(C=NNC(=O)Cn2cnc3ccccc32)c1. The molecule has 6 nitrogen and oxygen atoms in total. The van der Waals surface area contributed by atoms with E-state index in [1.165, 1.54) is 0 Å². The highest BCUT2D eigenvalue weighted by molar-refractivity contribution is 5.83. The highest BCUT2D eigenvalue weighted by atomic mass is 16.5. The van der Waals surface area contributed by atoms with Crippen molar-refractivity contribution in [1.29, 1.82) is 0 Å². The highest BCUT2D eigenvalue weighted by Gasteiger charge is 2.05. The summed E-state index contributed by atoms with van der Waals surface area (Å²) in [6.07, 6.45) is 3.22. The number of hydrogen-bond acceptors (Lipinski definition) is 4. The Morgan fingerprint density at radius 1 is 1.30 bits per heavy atom. The lowest BCUT2D eigenvalue weighted by Crippen LogP contribution is -2.22. The minimum absolute atomic E-state index is 0.163. The summed E-state index contributed by atoms with van der Waals surface area (Å²) in [5.74, 6) is 0.525. The Balaban J connectivity index is 1.62. The third-order valence-electron chi connectivity index (χ3n) is 3.34. The third kappa shape index (κ3) is 3.55. The van der Waals surface area contributed by atoms with Crippen LogP contribution in [0.25, 0.3) is 11.0 Å². The molecule has 0 aliphatic carbocycles. The number of carbonyl (C=O) groups excluding carboxylic acids is 1. The van der Waals surface area contributed by atoms with Crippen molar-refractivity contribution in [2.45, 2.75) is 6.54 Å². The number of ether oxygens (including phenoxy) is 1. The number of aromatic nitrogens is 2. The molecule has 0 fully saturated rings. The lowest BCUT2D eigenvalue weighted by molar-refractivity contribution is -0.121. The minimum Gasteiger partial charge on any atom is -0.497 e. The second-order valence-corrected chi connectivity index (χ2v) is 4.93. The zero-order chi connectivity index (χ0) is 16.1. The Morgan fingerprint density at radius 2 is 2.17 bits per heavy atom. The maximum Gasteiger partial charge on any atom is 0.260 e. The van der Waals surface area contributed by atoms with Gasteiger partial charge in [0.15, 0.2) is 0 Å². The normalized spacial score (nSPS) is 11.0. The zero-order valence-corrected chi connectivity index (χ0v) is 12.6. The number of amides is 1. The lowest BCUT2D eigenvalue weighted by Gasteiger charge is -2.03. The maximum atomic E-state index is 12.0. The first-order valence-electron chi connectivity index (χ1n) is 7.12. The van der Waals surface area contributed by atoms with E-state index in [0.29, 0.717) is 0 Å². The van der Waals surface area contributed by atoms with Gasteiger partial charge < -0.3 is 9.30 Å². The molecule has 2 aromatic carbocycles. The van der Waals surface area contributed by atoms with Crippen molar-refractivity contribution in [2.24, 2.45) is 5.10 Å². The smallest absolute Gasteiger partial charge is 0.260 e. The Kier molecular flexibility index (Phi) is 4.33. The number of hydrogen-bond donors (Lipinski definition) is 1. The molecule has 0 unspecified atom stereocenters. The van der Waals surface area contributed by atoms with E-state index in [4.69, 9.17) is 4.74 Å². The van der Waals surface area contributed by atoms with Gasteiger partial charge in [0.1, 0.15) is 12.3 Å². The van der Waals surface area contributed by atoms with Crippen LogP contribution < -0.4 is 10.2 Å². The number of nitrogens with one attached hydrogen (secondary N) is 1. The van der Waals surface area contributed by atoms with Gasteiger partial charge in [-0.1, -0.05) is 24.3 Å². The summed E-state index contributed by atoms with van der Waals surface area (Å²) < 4.78 is 6.92. The van der Waals surface area contributed by atoms with Gasteiger partial charge in [-0.15, -0.1) is 0 Å². The van der Waals surface area contributed by atoms with E-state index >= 15 is 0 Å². The number of nitrogens with zero attached hydrogens (tertiary/aromatic N) is 3. The standard InChI is InChI=1S/C17H16N4O2/c1-23-14-6-4-5-13(9-14)10-19-20-17(22)11-21-12-18-15-7-2-3-8-16(15)21/h2-10,12H,11H2,1H3,(H,20,22). The summed E-state index contributed by atoms with van der Waals surface area (Å²) in [7, 11) is 1.60. The van der Waals surface area contributed by atoms with Crippen molar-refractivity contribution in [3.8, 4) is 5.75 Å². The molecule has 0 bridgehead atoms. The lowest BCUT2D eigenvalue weighted by atomic mass is 10.2. The summed E-state index contributed by atoms with van der Waals surface area (Å²) >= 11 is 0. The maximum absolute atomic E-state index is 12.0. The molecular weight excluding hydrogens is 292 g/mol. The van der Waals surface area contributed by atoms with Crippen LogP contribution in [-0.4, -0.2) is 28.8 Å². The minimum atomic E-state index is -0.215. The highest BCUT2D eigenvalue weighted by Crippen LogP contribution is 2.12. The van der Waals surface area contributed by atoms with E-state index in [9.17, 15) is 4.79 Å². The van der Waals surface area contributed by atoms with Gasteiger partial charge in [-0.25, -0.2) is 10.4 Å². The Labute approximate surface area is 133 Å². The quantitative estimate of drug-likeness (QED) is 0.580. The fraction of sp³-hybridized carbons (Fsp3) is 0.118.